The highest BCUT2D eigenvalue weighted by molar-refractivity contribution is 5.98. The Labute approximate surface area is 193 Å². The number of Topliss-reactive ketones (excluding diaryl/α,β-unsaturated/α-hetero) is 1. The van der Waals surface area contributed by atoms with Crippen LogP contribution in [0.1, 0.15) is 29.9 Å². The molecule has 0 N–H and O–H groups in total. The number of hydrogen-bond donors (Lipinski definition) is 0. The molecule has 0 aliphatic carbocycles. The minimum Gasteiger partial charge on any atom is -0.444 e. The number of anilines is 1. The fourth-order valence-electron chi connectivity index (χ4n) is 4.29. The quantitative estimate of drug-likeness (QED) is 0.414. The van der Waals surface area contributed by atoms with Crippen molar-refractivity contribution in [1.82, 2.24) is 19.9 Å². The lowest BCUT2D eigenvalue weighted by molar-refractivity contribution is 0.0992. The minimum absolute atomic E-state index is 0.0395. The van der Waals surface area contributed by atoms with Crippen molar-refractivity contribution in [2.24, 2.45) is 0 Å². The van der Waals surface area contributed by atoms with Gasteiger partial charge < -0.3 is 9.32 Å². The maximum absolute atomic E-state index is 13.1. The van der Waals surface area contributed by atoms with Gasteiger partial charge in [-0.25, -0.2) is 9.97 Å². The van der Waals surface area contributed by atoms with Crippen molar-refractivity contribution in [1.29, 1.82) is 0 Å². The first-order valence-corrected chi connectivity index (χ1v) is 11.3. The van der Waals surface area contributed by atoms with Gasteiger partial charge in [0.2, 0.25) is 0 Å². The van der Waals surface area contributed by atoms with Crippen LogP contribution in [0.5, 0.6) is 0 Å². The van der Waals surface area contributed by atoms with Crippen LogP contribution in [-0.2, 0) is 6.42 Å². The average Bonchev–Trinajstić information content (AvgIpc) is 3.39. The molecule has 1 fully saturated rings. The van der Waals surface area contributed by atoms with E-state index in [4.69, 9.17) is 4.42 Å². The molecule has 5 rings (SSSR count). The van der Waals surface area contributed by atoms with Crippen LogP contribution in [0, 0.1) is 0 Å². The minimum atomic E-state index is 0.0395. The average molecular weight is 442 g/mol. The Bertz CT molecular complexity index is 1260. The summed E-state index contributed by atoms with van der Waals surface area (Å²) >= 11 is 0. The van der Waals surface area contributed by atoms with Crippen LogP contribution >= 0.6 is 0 Å². The molecule has 7 heteroatoms. The molecule has 4 aromatic rings. The summed E-state index contributed by atoms with van der Waals surface area (Å²) in [6, 6.07) is 12.2. The summed E-state index contributed by atoms with van der Waals surface area (Å²) in [5.74, 6) is 1.62. The van der Waals surface area contributed by atoms with Crippen LogP contribution in [0.3, 0.4) is 0 Å². The van der Waals surface area contributed by atoms with E-state index in [-0.39, 0.29) is 12.2 Å². The van der Waals surface area contributed by atoms with Crippen LogP contribution in [0.2, 0.25) is 0 Å². The molecule has 0 amide bonds. The predicted molar refractivity (Wildman–Crippen MR) is 128 cm³/mol. The first-order chi connectivity index (χ1) is 16.1. The molecule has 0 spiro atoms. The maximum Gasteiger partial charge on any atom is 0.181 e. The van der Waals surface area contributed by atoms with Gasteiger partial charge in [0, 0.05) is 66.8 Å². The van der Waals surface area contributed by atoms with Crippen molar-refractivity contribution in [3.63, 3.8) is 0 Å². The SMILES string of the molecule is CC(C)N1CCN(c2cc(C(=O)Cc3cc4cc(-c5cnco5)ccc4cn3)ccn2)CC1. The molecular weight excluding hydrogens is 414 g/mol. The maximum atomic E-state index is 13.1. The van der Waals surface area contributed by atoms with Gasteiger partial charge in [0.05, 0.1) is 12.6 Å². The Morgan fingerprint density at radius 2 is 1.85 bits per heavy atom. The van der Waals surface area contributed by atoms with Gasteiger partial charge in [-0.3, -0.25) is 14.7 Å². The lowest BCUT2D eigenvalue weighted by Crippen LogP contribution is -2.49. The van der Waals surface area contributed by atoms with E-state index in [0.29, 0.717) is 17.4 Å². The van der Waals surface area contributed by atoms with Crippen molar-refractivity contribution in [2.45, 2.75) is 26.3 Å². The van der Waals surface area contributed by atoms with Crippen LogP contribution in [0.15, 0.2) is 65.8 Å². The van der Waals surface area contributed by atoms with E-state index in [0.717, 1.165) is 54.0 Å². The van der Waals surface area contributed by atoms with E-state index in [2.05, 4.69) is 38.6 Å². The Hall–Kier alpha value is -3.58. The van der Waals surface area contributed by atoms with Gasteiger partial charge in [0.1, 0.15) is 5.82 Å². The van der Waals surface area contributed by atoms with E-state index in [1.54, 1.807) is 18.5 Å². The standard InChI is InChI=1S/C26H27N5O2/c1-18(2)30-7-9-31(10-8-30)26-13-19(5-6-28-26)24(32)14-23-12-22-11-20(25-16-27-17-33-25)3-4-21(22)15-29-23/h3-6,11-13,15-18H,7-10,14H2,1-2H3. The summed E-state index contributed by atoms with van der Waals surface area (Å²) in [7, 11) is 0. The molecule has 0 saturated carbocycles. The molecule has 3 aromatic heterocycles. The second-order valence-corrected chi connectivity index (χ2v) is 8.72. The molecule has 1 aliphatic heterocycles. The van der Waals surface area contributed by atoms with Crippen molar-refractivity contribution >= 4 is 22.4 Å². The summed E-state index contributed by atoms with van der Waals surface area (Å²) in [4.78, 5) is 30.8. The molecular formula is C26H27N5O2. The third-order valence-corrected chi connectivity index (χ3v) is 6.27. The predicted octanol–water partition coefficient (Wildman–Crippen LogP) is 4.24. The van der Waals surface area contributed by atoms with Gasteiger partial charge in [-0.15, -0.1) is 0 Å². The fourth-order valence-corrected chi connectivity index (χ4v) is 4.29. The molecule has 33 heavy (non-hydrogen) atoms. The van der Waals surface area contributed by atoms with Crippen molar-refractivity contribution < 1.29 is 9.21 Å². The summed E-state index contributed by atoms with van der Waals surface area (Å²) in [5.41, 5.74) is 2.36. The zero-order valence-corrected chi connectivity index (χ0v) is 18.9. The zero-order valence-electron chi connectivity index (χ0n) is 18.9. The van der Waals surface area contributed by atoms with E-state index in [1.165, 1.54) is 6.39 Å². The first-order valence-electron chi connectivity index (χ1n) is 11.3. The number of hydrogen-bond acceptors (Lipinski definition) is 7. The fraction of sp³-hybridized carbons (Fsp3) is 0.308. The normalized spacial score (nSPS) is 14.8. The Morgan fingerprint density at radius 3 is 2.61 bits per heavy atom. The summed E-state index contributed by atoms with van der Waals surface area (Å²) in [6.45, 7) is 8.31. The number of rotatable bonds is 6. The van der Waals surface area contributed by atoms with Crippen LogP contribution in [0.4, 0.5) is 5.82 Å². The number of carbonyl (C=O) groups is 1. The number of pyridine rings is 2. The summed E-state index contributed by atoms with van der Waals surface area (Å²) < 4.78 is 5.41. The first kappa shape index (κ1) is 21.3. The number of aromatic nitrogens is 3. The molecule has 0 radical (unpaired) electrons. The lowest BCUT2D eigenvalue weighted by atomic mass is 10.0. The molecule has 7 nitrogen and oxygen atoms in total. The molecule has 0 bridgehead atoms. The number of carbonyl (C=O) groups excluding carboxylic acids is 1. The van der Waals surface area contributed by atoms with Gasteiger partial charge in [-0.2, -0.15) is 0 Å². The van der Waals surface area contributed by atoms with Crippen LogP contribution in [-0.4, -0.2) is 57.9 Å². The van der Waals surface area contributed by atoms with E-state index >= 15 is 0 Å². The molecule has 168 valence electrons. The number of ketones is 1. The summed E-state index contributed by atoms with van der Waals surface area (Å²) in [6.07, 6.45) is 6.90. The Morgan fingerprint density at radius 1 is 1.00 bits per heavy atom. The van der Waals surface area contributed by atoms with Crippen molar-refractivity contribution in [3.05, 3.63) is 72.6 Å². The molecule has 1 aliphatic rings. The van der Waals surface area contributed by atoms with Crippen LogP contribution in [0.25, 0.3) is 22.1 Å². The highest BCUT2D eigenvalue weighted by Crippen LogP contribution is 2.25. The second-order valence-electron chi connectivity index (χ2n) is 8.72. The molecule has 1 saturated heterocycles. The molecule has 0 atom stereocenters. The van der Waals surface area contributed by atoms with Gasteiger partial charge in [0.25, 0.3) is 0 Å². The monoisotopic (exact) mass is 441 g/mol. The van der Waals surface area contributed by atoms with Crippen molar-refractivity contribution in [3.8, 4) is 11.3 Å². The highest BCUT2D eigenvalue weighted by Gasteiger charge is 2.20. The van der Waals surface area contributed by atoms with E-state index in [9.17, 15) is 4.79 Å². The molecule has 0 unspecified atom stereocenters. The van der Waals surface area contributed by atoms with E-state index < -0.39 is 0 Å². The topological polar surface area (TPSA) is 75.4 Å². The van der Waals surface area contributed by atoms with Gasteiger partial charge in [-0.05, 0) is 43.5 Å². The zero-order chi connectivity index (χ0) is 22.8. The second kappa shape index (κ2) is 9.11. The molecule has 1 aromatic carbocycles. The number of piperazine rings is 1. The third-order valence-electron chi connectivity index (χ3n) is 6.27. The Balaban J connectivity index is 1.32. The summed E-state index contributed by atoms with van der Waals surface area (Å²) in [5, 5.41) is 2.03. The number of oxazole rings is 1. The van der Waals surface area contributed by atoms with Gasteiger partial charge >= 0.3 is 0 Å². The van der Waals surface area contributed by atoms with Crippen molar-refractivity contribution in [2.75, 3.05) is 31.1 Å². The highest BCUT2D eigenvalue weighted by atomic mass is 16.3. The van der Waals surface area contributed by atoms with E-state index in [1.807, 2.05) is 36.5 Å². The Kier molecular flexibility index (Phi) is 5.88. The van der Waals surface area contributed by atoms with Crippen LogP contribution < -0.4 is 4.90 Å². The largest absolute Gasteiger partial charge is 0.444 e. The number of nitrogens with zero attached hydrogens (tertiary/aromatic N) is 5. The number of benzene rings is 1. The smallest absolute Gasteiger partial charge is 0.181 e. The van der Waals surface area contributed by atoms with Gasteiger partial charge in [0.15, 0.2) is 17.9 Å². The lowest BCUT2D eigenvalue weighted by Gasteiger charge is -2.37. The van der Waals surface area contributed by atoms with Gasteiger partial charge in [-0.1, -0.05) is 12.1 Å². The number of fused-ring (bicyclic) bond motifs is 1. The third kappa shape index (κ3) is 4.64. The molecule has 4 heterocycles.